The van der Waals surface area contributed by atoms with Gasteiger partial charge in [-0.3, -0.25) is 4.79 Å². The lowest BCUT2D eigenvalue weighted by Gasteiger charge is -2.42. The van der Waals surface area contributed by atoms with Crippen molar-refractivity contribution >= 4 is 17.5 Å². The molecule has 5 rings (SSSR count). The van der Waals surface area contributed by atoms with E-state index < -0.39 is 0 Å². The minimum atomic E-state index is -0.149. The molecule has 1 aromatic heterocycles. The molecule has 176 valence electrons. The predicted molar refractivity (Wildman–Crippen MR) is 134 cm³/mol. The number of hydrogen-bond acceptors (Lipinski definition) is 3. The molecule has 33 heavy (non-hydrogen) atoms. The highest BCUT2D eigenvalue weighted by Gasteiger charge is 2.52. The summed E-state index contributed by atoms with van der Waals surface area (Å²) < 4.78 is 0. The third kappa shape index (κ3) is 4.33. The first-order valence-corrected chi connectivity index (χ1v) is 13.2. The van der Waals surface area contributed by atoms with Crippen LogP contribution in [0.1, 0.15) is 74.6 Å². The first kappa shape index (κ1) is 22.9. The van der Waals surface area contributed by atoms with Crippen LogP contribution >= 0.6 is 11.6 Å². The number of aryl methyl sites for hydroxylation is 1. The Morgan fingerprint density at radius 3 is 2.88 bits per heavy atom. The van der Waals surface area contributed by atoms with Crippen molar-refractivity contribution < 1.29 is 4.79 Å². The van der Waals surface area contributed by atoms with Gasteiger partial charge in [0.05, 0.1) is 5.92 Å². The minimum absolute atomic E-state index is 0.0212. The number of carbonyl (C=O) groups excluding carboxylic acids is 1. The van der Waals surface area contributed by atoms with Crippen molar-refractivity contribution in [1.29, 1.82) is 0 Å². The summed E-state index contributed by atoms with van der Waals surface area (Å²) in [6.07, 6.45) is 8.57. The maximum atomic E-state index is 14.3. The number of carbonyl (C=O) groups is 1. The van der Waals surface area contributed by atoms with E-state index in [1.165, 1.54) is 11.1 Å². The zero-order valence-corrected chi connectivity index (χ0v) is 20.5. The summed E-state index contributed by atoms with van der Waals surface area (Å²) in [6.45, 7) is 4.75. The molecule has 2 aromatic rings. The van der Waals surface area contributed by atoms with Crippen LogP contribution in [0, 0.1) is 5.92 Å². The lowest BCUT2D eigenvalue weighted by atomic mass is 9.65. The predicted octanol–water partition coefficient (Wildman–Crippen LogP) is 5.49. The molecule has 1 N–H and O–H groups in total. The molecular formula is C28H36ClN3O. The molecule has 4 nitrogen and oxygen atoms in total. The Hall–Kier alpha value is -1.91. The Balaban J connectivity index is 1.43. The van der Waals surface area contributed by atoms with Gasteiger partial charge in [0.1, 0.15) is 5.15 Å². The second-order valence-corrected chi connectivity index (χ2v) is 10.7. The number of benzene rings is 1. The van der Waals surface area contributed by atoms with Crippen LogP contribution in [0.3, 0.4) is 0 Å². The van der Waals surface area contributed by atoms with Gasteiger partial charge in [-0.2, -0.15) is 0 Å². The summed E-state index contributed by atoms with van der Waals surface area (Å²) in [5.74, 6) is 0.875. The van der Waals surface area contributed by atoms with Crippen LogP contribution in [-0.4, -0.2) is 41.5 Å². The fourth-order valence-corrected chi connectivity index (χ4v) is 7.01. The van der Waals surface area contributed by atoms with Crippen LogP contribution in [0.4, 0.5) is 0 Å². The molecular weight excluding hydrogens is 430 g/mol. The molecule has 0 bridgehead atoms. The van der Waals surface area contributed by atoms with E-state index in [0.29, 0.717) is 23.0 Å². The lowest BCUT2D eigenvalue weighted by Crippen LogP contribution is -2.50. The minimum Gasteiger partial charge on any atom is -0.339 e. The molecule has 1 amide bonds. The van der Waals surface area contributed by atoms with Gasteiger partial charge in [0, 0.05) is 36.8 Å². The van der Waals surface area contributed by atoms with Crippen LogP contribution in [0.5, 0.6) is 0 Å². The van der Waals surface area contributed by atoms with Gasteiger partial charge in [-0.25, -0.2) is 4.98 Å². The number of nitrogens with one attached hydrogen (secondary N) is 1. The fraction of sp³-hybridized carbons (Fsp3) is 0.571. The van der Waals surface area contributed by atoms with E-state index in [-0.39, 0.29) is 11.3 Å². The Morgan fingerprint density at radius 1 is 1.21 bits per heavy atom. The van der Waals surface area contributed by atoms with Gasteiger partial charge < -0.3 is 10.2 Å². The molecule has 4 unspecified atom stereocenters. The zero-order chi connectivity index (χ0) is 22.8. The summed E-state index contributed by atoms with van der Waals surface area (Å²) in [4.78, 5) is 21.2. The summed E-state index contributed by atoms with van der Waals surface area (Å²) in [6, 6.07) is 15.3. The highest BCUT2D eigenvalue weighted by Crippen LogP contribution is 2.46. The summed E-state index contributed by atoms with van der Waals surface area (Å²) in [5, 5.41) is 4.15. The first-order chi connectivity index (χ1) is 16.1. The maximum Gasteiger partial charge on any atom is 0.228 e. The molecule has 3 aliphatic rings. The van der Waals surface area contributed by atoms with E-state index in [4.69, 9.17) is 11.6 Å². The Morgan fingerprint density at radius 2 is 2.06 bits per heavy atom. The van der Waals surface area contributed by atoms with Gasteiger partial charge in [-0.05, 0) is 68.1 Å². The molecule has 5 heteroatoms. The number of likely N-dealkylation sites (tertiary alicyclic amines) is 1. The highest BCUT2D eigenvalue weighted by atomic mass is 35.5. The number of pyridine rings is 1. The summed E-state index contributed by atoms with van der Waals surface area (Å²) in [7, 11) is 0. The van der Waals surface area contributed by atoms with Crippen LogP contribution in [0.15, 0.2) is 42.5 Å². The van der Waals surface area contributed by atoms with Crippen LogP contribution in [0.25, 0.3) is 0 Å². The van der Waals surface area contributed by atoms with E-state index in [9.17, 15) is 4.79 Å². The third-order valence-electron chi connectivity index (χ3n) is 8.39. The van der Waals surface area contributed by atoms with Crippen molar-refractivity contribution in [3.8, 4) is 0 Å². The smallest absolute Gasteiger partial charge is 0.228 e. The Kier molecular flexibility index (Phi) is 6.76. The van der Waals surface area contributed by atoms with Crippen molar-refractivity contribution in [2.45, 2.75) is 75.7 Å². The number of amides is 1. The van der Waals surface area contributed by atoms with Crippen LogP contribution in [-0.2, 0) is 16.6 Å². The molecule has 1 aliphatic carbocycles. The molecule has 3 heterocycles. The molecule has 0 saturated carbocycles. The van der Waals surface area contributed by atoms with Crippen LogP contribution in [0.2, 0.25) is 5.15 Å². The van der Waals surface area contributed by atoms with Crippen molar-refractivity contribution in [3.63, 3.8) is 0 Å². The molecule has 2 fully saturated rings. The molecule has 2 saturated heterocycles. The molecule has 1 spiro atoms. The van der Waals surface area contributed by atoms with E-state index in [2.05, 4.69) is 58.5 Å². The quantitative estimate of drug-likeness (QED) is 0.607. The second kappa shape index (κ2) is 9.76. The van der Waals surface area contributed by atoms with Gasteiger partial charge in [-0.1, -0.05) is 61.3 Å². The first-order valence-electron chi connectivity index (χ1n) is 12.8. The molecule has 1 aromatic carbocycles. The van der Waals surface area contributed by atoms with Crippen molar-refractivity contribution in [3.05, 3.63) is 64.4 Å². The standard InChI is InChI=1S/C28H36ClN3O/c1-2-8-22-17-21(20-9-4-3-5-10-20)11-7-16-32(22)27(33)24-18-30-19-28(24)15-6-12-25-23(28)13-14-26(29)31-25/h3-5,9-10,13-14,21-22,24,30H,2,6-8,11-12,15-19H2,1H3. The topological polar surface area (TPSA) is 45.2 Å². The average Bonchev–Trinajstić information content (AvgIpc) is 3.12. The molecule has 4 atom stereocenters. The lowest BCUT2D eigenvalue weighted by molar-refractivity contribution is -0.139. The zero-order valence-electron chi connectivity index (χ0n) is 19.7. The van der Waals surface area contributed by atoms with Gasteiger partial charge in [-0.15, -0.1) is 0 Å². The number of rotatable bonds is 4. The van der Waals surface area contributed by atoms with E-state index in [0.717, 1.165) is 76.7 Å². The molecule has 2 aliphatic heterocycles. The second-order valence-electron chi connectivity index (χ2n) is 10.3. The van der Waals surface area contributed by atoms with E-state index >= 15 is 0 Å². The largest absolute Gasteiger partial charge is 0.339 e. The van der Waals surface area contributed by atoms with Gasteiger partial charge in [0.15, 0.2) is 0 Å². The van der Waals surface area contributed by atoms with Crippen molar-refractivity contribution in [2.24, 2.45) is 5.92 Å². The summed E-state index contributed by atoms with van der Waals surface area (Å²) in [5.41, 5.74) is 3.63. The molecule has 0 radical (unpaired) electrons. The van der Waals surface area contributed by atoms with Gasteiger partial charge in [0.2, 0.25) is 5.91 Å². The van der Waals surface area contributed by atoms with E-state index in [1.807, 2.05) is 6.07 Å². The fourth-order valence-electron chi connectivity index (χ4n) is 6.84. The third-order valence-corrected chi connectivity index (χ3v) is 8.60. The summed E-state index contributed by atoms with van der Waals surface area (Å²) >= 11 is 6.23. The number of fused-ring (bicyclic) bond motifs is 2. The Labute approximate surface area is 203 Å². The van der Waals surface area contributed by atoms with Crippen LogP contribution < -0.4 is 5.32 Å². The monoisotopic (exact) mass is 465 g/mol. The normalized spacial score (nSPS) is 29.6. The average molecular weight is 466 g/mol. The van der Waals surface area contributed by atoms with Gasteiger partial charge >= 0.3 is 0 Å². The Bertz CT molecular complexity index is 980. The van der Waals surface area contributed by atoms with E-state index in [1.54, 1.807) is 0 Å². The van der Waals surface area contributed by atoms with Crippen molar-refractivity contribution in [2.75, 3.05) is 19.6 Å². The number of aromatic nitrogens is 1. The SMILES string of the molecule is CCCC1CC(c2ccccc2)CCCN1C(=O)C1CNCC12CCCc1nc(Cl)ccc12. The maximum absolute atomic E-state index is 14.3. The number of hydrogen-bond donors (Lipinski definition) is 1. The highest BCUT2D eigenvalue weighted by molar-refractivity contribution is 6.29. The van der Waals surface area contributed by atoms with Crippen molar-refractivity contribution in [1.82, 2.24) is 15.2 Å². The number of halogens is 1. The number of nitrogens with zero attached hydrogens (tertiary/aromatic N) is 2. The van der Waals surface area contributed by atoms with Gasteiger partial charge in [0.25, 0.3) is 0 Å².